The van der Waals surface area contributed by atoms with Gasteiger partial charge in [0.15, 0.2) is 0 Å². The SMILES string of the molecule is COc1cc(CCC(=O)NCc2cccc(F)c2)cc(OC)c1. The van der Waals surface area contributed by atoms with Crippen molar-refractivity contribution in [2.75, 3.05) is 14.2 Å². The Hall–Kier alpha value is -2.56. The number of carbonyl (C=O) groups is 1. The number of methoxy groups -OCH3 is 2. The van der Waals surface area contributed by atoms with E-state index in [9.17, 15) is 9.18 Å². The Morgan fingerprint density at radius 2 is 1.74 bits per heavy atom. The summed E-state index contributed by atoms with van der Waals surface area (Å²) < 4.78 is 23.5. The van der Waals surface area contributed by atoms with Gasteiger partial charge < -0.3 is 14.8 Å². The summed E-state index contributed by atoms with van der Waals surface area (Å²) in [4.78, 5) is 11.9. The molecule has 0 heterocycles. The normalized spacial score (nSPS) is 10.2. The third kappa shape index (κ3) is 5.29. The molecule has 0 saturated heterocycles. The van der Waals surface area contributed by atoms with Gasteiger partial charge in [0.2, 0.25) is 5.91 Å². The number of nitrogens with one attached hydrogen (secondary N) is 1. The minimum absolute atomic E-state index is 0.0870. The van der Waals surface area contributed by atoms with Crippen LogP contribution in [0.25, 0.3) is 0 Å². The van der Waals surface area contributed by atoms with Gasteiger partial charge in [-0.3, -0.25) is 4.79 Å². The minimum Gasteiger partial charge on any atom is -0.497 e. The van der Waals surface area contributed by atoms with Crippen LogP contribution in [0, 0.1) is 5.82 Å². The van der Waals surface area contributed by atoms with Crippen molar-refractivity contribution in [3.05, 3.63) is 59.4 Å². The smallest absolute Gasteiger partial charge is 0.220 e. The van der Waals surface area contributed by atoms with Gasteiger partial charge in [-0.2, -0.15) is 0 Å². The first kappa shape index (κ1) is 16.8. The highest BCUT2D eigenvalue weighted by Gasteiger charge is 2.06. The molecule has 2 aromatic rings. The van der Waals surface area contributed by atoms with Crippen molar-refractivity contribution in [2.45, 2.75) is 19.4 Å². The second kappa shape index (κ2) is 8.17. The molecule has 122 valence electrons. The van der Waals surface area contributed by atoms with Gasteiger partial charge in [-0.15, -0.1) is 0 Å². The first-order valence-corrected chi connectivity index (χ1v) is 7.34. The van der Waals surface area contributed by atoms with Crippen LogP contribution in [0.4, 0.5) is 4.39 Å². The van der Waals surface area contributed by atoms with Gasteiger partial charge in [-0.1, -0.05) is 12.1 Å². The Bertz CT molecular complexity index is 651. The van der Waals surface area contributed by atoms with Gasteiger partial charge >= 0.3 is 0 Å². The summed E-state index contributed by atoms with van der Waals surface area (Å²) in [5, 5.41) is 2.79. The van der Waals surface area contributed by atoms with Crippen molar-refractivity contribution >= 4 is 5.91 Å². The topological polar surface area (TPSA) is 47.6 Å². The zero-order chi connectivity index (χ0) is 16.7. The Balaban J connectivity index is 1.86. The van der Waals surface area contributed by atoms with Crippen molar-refractivity contribution in [1.29, 1.82) is 0 Å². The number of carbonyl (C=O) groups excluding carboxylic acids is 1. The Kier molecular flexibility index (Phi) is 5.97. The molecule has 5 heteroatoms. The van der Waals surface area contributed by atoms with Gasteiger partial charge in [-0.05, 0) is 41.8 Å². The van der Waals surface area contributed by atoms with Gasteiger partial charge in [0.05, 0.1) is 14.2 Å². The molecule has 0 radical (unpaired) electrons. The lowest BCUT2D eigenvalue weighted by Crippen LogP contribution is -2.23. The van der Waals surface area contributed by atoms with Crippen molar-refractivity contribution < 1.29 is 18.7 Å². The van der Waals surface area contributed by atoms with Crippen LogP contribution in [0.15, 0.2) is 42.5 Å². The standard InChI is InChI=1S/C18H20FNO3/c1-22-16-9-13(10-17(11-16)23-2)6-7-18(21)20-12-14-4-3-5-15(19)8-14/h3-5,8-11H,6-7,12H2,1-2H3,(H,20,21). The molecule has 1 amide bonds. The molecule has 0 aliphatic carbocycles. The maximum atomic E-state index is 13.1. The van der Waals surface area contributed by atoms with E-state index in [1.807, 2.05) is 12.1 Å². The van der Waals surface area contributed by atoms with Gasteiger partial charge in [0, 0.05) is 19.0 Å². The predicted molar refractivity (Wildman–Crippen MR) is 86.1 cm³/mol. The molecular formula is C18H20FNO3. The summed E-state index contributed by atoms with van der Waals surface area (Å²) in [5.41, 5.74) is 1.70. The van der Waals surface area contributed by atoms with Crippen molar-refractivity contribution in [1.82, 2.24) is 5.32 Å². The number of hydrogen-bond donors (Lipinski definition) is 1. The van der Waals surface area contributed by atoms with Crippen LogP contribution in [0.3, 0.4) is 0 Å². The third-order valence-electron chi connectivity index (χ3n) is 3.43. The zero-order valence-corrected chi connectivity index (χ0v) is 13.3. The fourth-order valence-electron chi connectivity index (χ4n) is 2.20. The second-order valence-electron chi connectivity index (χ2n) is 5.13. The molecule has 1 N–H and O–H groups in total. The van der Waals surface area contributed by atoms with E-state index in [4.69, 9.17) is 9.47 Å². The molecule has 0 aromatic heterocycles. The van der Waals surface area contributed by atoms with E-state index in [-0.39, 0.29) is 11.7 Å². The molecule has 4 nitrogen and oxygen atoms in total. The van der Waals surface area contributed by atoms with Crippen LogP contribution in [0.2, 0.25) is 0 Å². The summed E-state index contributed by atoms with van der Waals surface area (Å²) in [7, 11) is 3.18. The van der Waals surface area contributed by atoms with E-state index in [2.05, 4.69) is 5.32 Å². The van der Waals surface area contributed by atoms with Crippen LogP contribution >= 0.6 is 0 Å². The number of rotatable bonds is 7. The summed E-state index contributed by atoms with van der Waals surface area (Å²) in [6, 6.07) is 11.7. The van der Waals surface area contributed by atoms with Crippen molar-refractivity contribution in [2.24, 2.45) is 0 Å². The van der Waals surface area contributed by atoms with Crippen LogP contribution in [-0.2, 0) is 17.8 Å². The number of amides is 1. The van der Waals surface area contributed by atoms with Crippen LogP contribution < -0.4 is 14.8 Å². The van der Waals surface area contributed by atoms with E-state index in [0.29, 0.717) is 30.9 Å². The molecule has 0 aliphatic heterocycles. The highest BCUT2D eigenvalue weighted by Crippen LogP contribution is 2.23. The summed E-state index contributed by atoms with van der Waals surface area (Å²) in [6.45, 7) is 0.317. The van der Waals surface area contributed by atoms with Crippen LogP contribution in [0.1, 0.15) is 17.5 Å². The highest BCUT2D eigenvalue weighted by molar-refractivity contribution is 5.76. The molecule has 0 spiro atoms. The molecular weight excluding hydrogens is 297 g/mol. The summed E-state index contributed by atoms with van der Waals surface area (Å²) >= 11 is 0. The molecule has 23 heavy (non-hydrogen) atoms. The number of ether oxygens (including phenoxy) is 2. The summed E-state index contributed by atoms with van der Waals surface area (Å²) in [5.74, 6) is 0.996. The molecule has 0 saturated carbocycles. The number of halogens is 1. The minimum atomic E-state index is -0.305. The second-order valence-corrected chi connectivity index (χ2v) is 5.13. The quantitative estimate of drug-likeness (QED) is 0.853. The van der Waals surface area contributed by atoms with E-state index < -0.39 is 0 Å². The van der Waals surface area contributed by atoms with Crippen molar-refractivity contribution in [3.8, 4) is 11.5 Å². The first-order valence-electron chi connectivity index (χ1n) is 7.34. The number of hydrogen-bond acceptors (Lipinski definition) is 3. The molecule has 0 unspecified atom stereocenters. The van der Waals surface area contributed by atoms with E-state index in [1.165, 1.54) is 12.1 Å². The van der Waals surface area contributed by atoms with E-state index in [1.54, 1.807) is 32.4 Å². The average Bonchev–Trinajstić information content (AvgIpc) is 2.57. The first-order chi connectivity index (χ1) is 11.1. The third-order valence-corrected chi connectivity index (χ3v) is 3.43. The Morgan fingerprint density at radius 3 is 2.35 bits per heavy atom. The molecule has 0 aliphatic rings. The van der Waals surface area contributed by atoms with Crippen molar-refractivity contribution in [3.63, 3.8) is 0 Å². The predicted octanol–water partition coefficient (Wildman–Crippen LogP) is 3.09. The lowest BCUT2D eigenvalue weighted by molar-refractivity contribution is -0.121. The lowest BCUT2D eigenvalue weighted by Gasteiger charge is -2.09. The number of benzene rings is 2. The molecule has 0 bridgehead atoms. The van der Waals surface area contributed by atoms with Crippen LogP contribution in [0.5, 0.6) is 11.5 Å². The largest absolute Gasteiger partial charge is 0.497 e. The van der Waals surface area contributed by atoms with Crippen LogP contribution in [-0.4, -0.2) is 20.1 Å². The zero-order valence-electron chi connectivity index (χ0n) is 13.3. The maximum absolute atomic E-state index is 13.1. The maximum Gasteiger partial charge on any atom is 0.220 e. The van der Waals surface area contributed by atoms with Gasteiger partial charge in [0.25, 0.3) is 0 Å². The molecule has 2 aromatic carbocycles. The fraction of sp³-hybridized carbons (Fsp3) is 0.278. The Labute approximate surface area is 135 Å². The average molecular weight is 317 g/mol. The summed E-state index contributed by atoms with van der Waals surface area (Å²) in [6.07, 6.45) is 0.911. The lowest BCUT2D eigenvalue weighted by atomic mass is 10.1. The molecule has 0 atom stereocenters. The van der Waals surface area contributed by atoms with Gasteiger partial charge in [-0.25, -0.2) is 4.39 Å². The molecule has 0 fully saturated rings. The fourth-order valence-corrected chi connectivity index (χ4v) is 2.20. The molecule has 2 rings (SSSR count). The highest BCUT2D eigenvalue weighted by atomic mass is 19.1. The van der Waals surface area contributed by atoms with E-state index in [0.717, 1.165) is 11.1 Å². The monoisotopic (exact) mass is 317 g/mol. The number of aryl methyl sites for hydroxylation is 1. The van der Waals surface area contributed by atoms with E-state index >= 15 is 0 Å². The van der Waals surface area contributed by atoms with Gasteiger partial charge in [0.1, 0.15) is 17.3 Å². The Morgan fingerprint density at radius 1 is 1.04 bits per heavy atom.